The fraction of sp³-hybridized carbons (Fsp3) is 0.533. The summed E-state index contributed by atoms with van der Waals surface area (Å²) in [5, 5.41) is 9.52. The van der Waals surface area contributed by atoms with E-state index in [2.05, 4.69) is 15.3 Å². The summed E-state index contributed by atoms with van der Waals surface area (Å²) in [6, 6.07) is -1.27. The lowest BCUT2D eigenvalue weighted by molar-refractivity contribution is -0.159. The number of aldehydes is 1. The van der Waals surface area contributed by atoms with Crippen molar-refractivity contribution in [1.82, 2.24) is 15.3 Å². The maximum Gasteiger partial charge on any atom is 0.404 e. The van der Waals surface area contributed by atoms with E-state index in [1.807, 2.05) is 6.92 Å². The van der Waals surface area contributed by atoms with Gasteiger partial charge in [0.05, 0.1) is 11.9 Å². The van der Waals surface area contributed by atoms with Crippen LogP contribution in [0.4, 0.5) is 13.2 Å². The van der Waals surface area contributed by atoms with Crippen LogP contribution in [0.15, 0.2) is 12.3 Å². The van der Waals surface area contributed by atoms with Gasteiger partial charge < -0.3 is 15.7 Å². The Hall–Kier alpha value is -1.96. The van der Waals surface area contributed by atoms with Crippen LogP contribution < -0.4 is 5.32 Å². The van der Waals surface area contributed by atoms with E-state index in [0.717, 1.165) is 5.57 Å². The highest BCUT2D eigenvalue weighted by Crippen LogP contribution is 2.39. The van der Waals surface area contributed by atoms with E-state index in [0.29, 0.717) is 36.4 Å². The van der Waals surface area contributed by atoms with Crippen molar-refractivity contribution in [1.29, 1.82) is 5.41 Å². The quantitative estimate of drug-likeness (QED) is 0.573. The van der Waals surface area contributed by atoms with Gasteiger partial charge in [-0.05, 0) is 51.3 Å². The number of alkyl halides is 3. The Morgan fingerprint density at radius 1 is 1.48 bits per heavy atom. The van der Waals surface area contributed by atoms with Crippen LogP contribution in [0.1, 0.15) is 43.0 Å². The lowest BCUT2D eigenvalue weighted by Gasteiger charge is -2.18. The Labute approximate surface area is 132 Å². The molecule has 0 aromatic carbocycles. The Morgan fingerprint density at radius 2 is 2.09 bits per heavy atom. The van der Waals surface area contributed by atoms with Crippen LogP contribution in [0.25, 0.3) is 5.57 Å². The summed E-state index contributed by atoms with van der Waals surface area (Å²) in [4.78, 5) is 17.1. The highest BCUT2D eigenvalue weighted by Gasteiger charge is 2.47. The lowest BCUT2D eigenvalue weighted by atomic mass is 10.2. The van der Waals surface area contributed by atoms with Gasteiger partial charge in [0, 0.05) is 5.71 Å². The minimum Gasteiger partial charge on any atom is -0.336 e. The van der Waals surface area contributed by atoms with E-state index in [1.165, 1.54) is 13.2 Å². The van der Waals surface area contributed by atoms with Gasteiger partial charge in [-0.15, -0.1) is 0 Å². The second-order valence-electron chi connectivity index (χ2n) is 5.46. The summed E-state index contributed by atoms with van der Waals surface area (Å²) < 4.78 is 35.8. The molecule has 1 aliphatic rings. The van der Waals surface area contributed by atoms with E-state index in [9.17, 15) is 18.0 Å². The number of aromatic nitrogens is 2. The monoisotopic (exact) mass is 330 g/mol. The SMILES string of the molecule is CC(=N)/C=C(/C)c1ncc(C=O)[nH]1.CNC(C1CC1)C(F)(F)F. The topological polar surface area (TPSA) is 81.6 Å². The first-order valence-electron chi connectivity index (χ1n) is 7.17. The number of nitrogens with one attached hydrogen (secondary N) is 3. The van der Waals surface area contributed by atoms with Crippen molar-refractivity contribution < 1.29 is 18.0 Å². The molecule has 0 spiro atoms. The third kappa shape index (κ3) is 6.35. The van der Waals surface area contributed by atoms with Crippen molar-refractivity contribution in [3.05, 3.63) is 23.8 Å². The molecule has 23 heavy (non-hydrogen) atoms. The normalized spacial score (nSPS) is 16.3. The summed E-state index contributed by atoms with van der Waals surface area (Å²) in [5.41, 5.74) is 1.76. The van der Waals surface area contributed by atoms with Crippen molar-refractivity contribution in [3.63, 3.8) is 0 Å². The van der Waals surface area contributed by atoms with Gasteiger partial charge in [0.25, 0.3) is 0 Å². The van der Waals surface area contributed by atoms with Crippen molar-refractivity contribution in [2.24, 2.45) is 5.92 Å². The number of imidazole rings is 1. The van der Waals surface area contributed by atoms with Crippen LogP contribution in [-0.4, -0.2) is 41.2 Å². The van der Waals surface area contributed by atoms with Gasteiger partial charge in [-0.1, -0.05) is 0 Å². The zero-order valence-electron chi connectivity index (χ0n) is 13.3. The molecule has 1 aromatic rings. The molecule has 1 unspecified atom stereocenters. The van der Waals surface area contributed by atoms with Gasteiger partial charge in [0.1, 0.15) is 11.9 Å². The maximum absolute atomic E-state index is 11.9. The largest absolute Gasteiger partial charge is 0.404 e. The molecule has 2 rings (SSSR count). The highest BCUT2D eigenvalue weighted by molar-refractivity contribution is 5.96. The van der Waals surface area contributed by atoms with Crippen molar-refractivity contribution >= 4 is 17.6 Å². The molecule has 5 nitrogen and oxygen atoms in total. The number of rotatable bonds is 5. The molecule has 1 atom stereocenters. The standard InChI is InChI=1S/C9H11N3O.C6H10F3N/c1-6(3-7(2)10)9-11-4-8(5-13)12-9;1-10-5(4-2-3-4)6(7,8)9/h3-5,10H,1-2H3,(H,11,12);4-5,10H,2-3H2,1H3/b6-3-,10-7?;. The second-order valence-corrected chi connectivity index (χ2v) is 5.46. The van der Waals surface area contributed by atoms with E-state index < -0.39 is 12.2 Å². The smallest absolute Gasteiger partial charge is 0.336 e. The molecule has 3 N–H and O–H groups in total. The van der Waals surface area contributed by atoms with Crippen molar-refractivity contribution in [2.75, 3.05) is 7.05 Å². The minimum absolute atomic E-state index is 0.162. The molecule has 128 valence electrons. The van der Waals surface area contributed by atoms with Crippen molar-refractivity contribution in [2.45, 2.75) is 38.9 Å². The third-order valence-corrected chi connectivity index (χ3v) is 3.29. The first-order valence-corrected chi connectivity index (χ1v) is 7.17. The van der Waals surface area contributed by atoms with Crippen molar-refractivity contribution in [3.8, 4) is 0 Å². The van der Waals surface area contributed by atoms with Crippen LogP contribution in [0.3, 0.4) is 0 Å². The zero-order valence-corrected chi connectivity index (χ0v) is 13.3. The number of allylic oxidation sites excluding steroid dienone is 2. The van der Waals surface area contributed by atoms with Crippen LogP contribution >= 0.6 is 0 Å². The Bertz CT molecular complexity index is 574. The molecule has 1 heterocycles. The summed E-state index contributed by atoms with van der Waals surface area (Å²) >= 11 is 0. The number of hydrogen-bond donors (Lipinski definition) is 3. The van der Waals surface area contributed by atoms with Gasteiger partial charge in [-0.25, -0.2) is 4.98 Å². The predicted molar refractivity (Wildman–Crippen MR) is 82.7 cm³/mol. The van der Waals surface area contributed by atoms with Crippen LogP contribution in [0.2, 0.25) is 0 Å². The molecule has 1 aromatic heterocycles. The van der Waals surface area contributed by atoms with Gasteiger partial charge in [-0.2, -0.15) is 13.2 Å². The highest BCUT2D eigenvalue weighted by atomic mass is 19.4. The average Bonchev–Trinajstić information content (AvgIpc) is 3.13. The number of carbonyl (C=O) groups excluding carboxylic acids is 1. The molecular formula is C15H21F3N4O. The number of H-pyrrole nitrogens is 1. The third-order valence-electron chi connectivity index (χ3n) is 3.29. The first kappa shape index (κ1) is 19.1. The number of nitrogens with zero attached hydrogens (tertiary/aromatic N) is 1. The summed E-state index contributed by atoms with van der Waals surface area (Å²) in [7, 11) is 1.36. The Kier molecular flexibility index (Phi) is 6.68. The Balaban J connectivity index is 0.000000238. The predicted octanol–water partition coefficient (Wildman–Crippen LogP) is 3.21. The lowest BCUT2D eigenvalue weighted by Crippen LogP contribution is -2.41. The molecule has 8 heteroatoms. The molecule has 1 saturated carbocycles. The molecule has 0 saturated heterocycles. The molecule has 0 amide bonds. The number of aromatic amines is 1. The van der Waals surface area contributed by atoms with E-state index in [4.69, 9.17) is 5.41 Å². The van der Waals surface area contributed by atoms with Crippen LogP contribution in [0.5, 0.6) is 0 Å². The van der Waals surface area contributed by atoms with Crippen LogP contribution in [-0.2, 0) is 0 Å². The van der Waals surface area contributed by atoms with Gasteiger partial charge >= 0.3 is 6.18 Å². The summed E-state index contributed by atoms with van der Waals surface area (Å²) in [5.74, 6) is 0.471. The summed E-state index contributed by atoms with van der Waals surface area (Å²) in [6.07, 6.45) is 1.24. The first-order chi connectivity index (χ1) is 10.7. The number of carbonyl (C=O) groups is 1. The molecular weight excluding hydrogens is 309 g/mol. The fourth-order valence-corrected chi connectivity index (χ4v) is 2.08. The molecule has 1 aliphatic carbocycles. The number of halogens is 3. The van der Waals surface area contributed by atoms with Crippen LogP contribution in [0, 0.1) is 11.3 Å². The molecule has 0 aliphatic heterocycles. The molecule has 1 fully saturated rings. The van der Waals surface area contributed by atoms with Gasteiger partial charge in [-0.3, -0.25) is 4.79 Å². The zero-order chi connectivity index (χ0) is 17.6. The van der Waals surface area contributed by atoms with E-state index >= 15 is 0 Å². The summed E-state index contributed by atoms with van der Waals surface area (Å²) in [6.45, 7) is 3.53. The van der Waals surface area contributed by atoms with Gasteiger partial charge in [0.2, 0.25) is 0 Å². The van der Waals surface area contributed by atoms with E-state index in [1.54, 1.807) is 13.0 Å². The maximum atomic E-state index is 11.9. The Morgan fingerprint density at radius 3 is 2.39 bits per heavy atom. The molecule has 0 bridgehead atoms. The van der Waals surface area contributed by atoms with Gasteiger partial charge in [0.15, 0.2) is 6.29 Å². The minimum atomic E-state index is -4.06. The second kappa shape index (κ2) is 8.05. The fourth-order valence-electron chi connectivity index (χ4n) is 2.08. The average molecular weight is 330 g/mol. The van der Waals surface area contributed by atoms with E-state index in [-0.39, 0.29) is 5.92 Å². The number of hydrogen-bond acceptors (Lipinski definition) is 4. The molecule has 0 radical (unpaired) electrons.